The number of benzene rings is 1. The van der Waals surface area contributed by atoms with Crippen molar-refractivity contribution in [3.05, 3.63) is 52.1 Å². The van der Waals surface area contributed by atoms with Crippen LogP contribution in [0, 0.1) is 13.8 Å². The van der Waals surface area contributed by atoms with Gasteiger partial charge in [0.25, 0.3) is 5.56 Å². The Labute approximate surface area is 151 Å². The highest BCUT2D eigenvalue weighted by molar-refractivity contribution is 5.82. The first-order valence-corrected chi connectivity index (χ1v) is 8.69. The first-order chi connectivity index (χ1) is 12.5. The molecular formula is C19H22N4O3. The molecule has 3 rings (SSSR count). The lowest BCUT2D eigenvalue weighted by atomic mass is 10.2. The summed E-state index contributed by atoms with van der Waals surface area (Å²) in [6.45, 7) is 7.59. The van der Waals surface area contributed by atoms with Crippen LogP contribution in [-0.4, -0.2) is 32.1 Å². The molecule has 0 fully saturated rings. The summed E-state index contributed by atoms with van der Waals surface area (Å²) < 4.78 is 7.96. The molecule has 0 bridgehead atoms. The third-order valence-electron chi connectivity index (χ3n) is 4.41. The number of carbonyl (C=O) groups is 1. The van der Waals surface area contributed by atoms with Crippen LogP contribution in [0.3, 0.4) is 0 Å². The molecule has 3 aromatic rings. The molecule has 0 saturated carbocycles. The molecule has 2 aromatic heterocycles. The standard InChI is InChI=1S/C19H22N4O3/c1-5-15(19(25)26-6-2)23-18(24)17-14(13(4)21-23)11-20-22(17)16-10-8-7-9-12(16)3/h7-11,15H,5-6H2,1-4H3. The fraction of sp³-hybridized carbons (Fsp3) is 0.368. The lowest BCUT2D eigenvalue weighted by molar-refractivity contribution is -0.147. The molecule has 7 nitrogen and oxygen atoms in total. The van der Waals surface area contributed by atoms with E-state index in [9.17, 15) is 9.59 Å². The van der Waals surface area contributed by atoms with Crippen LogP contribution in [0.5, 0.6) is 0 Å². The fourth-order valence-electron chi connectivity index (χ4n) is 3.06. The van der Waals surface area contributed by atoms with E-state index in [4.69, 9.17) is 4.74 Å². The molecule has 0 aliphatic rings. The zero-order valence-electron chi connectivity index (χ0n) is 15.4. The van der Waals surface area contributed by atoms with E-state index < -0.39 is 12.0 Å². The maximum Gasteiger partial charge on any atom is 0.331 e. The predicted octanol–water partition coefficient (Wildman–Crippen LogP) is 2.71. The van der Waals surface area contributed by atoms with Crippen molar-refractivity contribution in [2.45, 2.75) is 40.2 Å². The van der Waals surface area contributed by atoms with Crippen molar-refractivity contribution in [2.75, 3.05) is 6.61 Å². The van der Waals surface area contributed by atoms with Gasteiger partial charge in [-0.3, -0.25) is 4.79 Å². The van der Waals surface area contributed by atoms with Crippen molar-refractivity contribution in [3.8, 4) is 5.69 Å². The molecule has 1 unspecified atom stereocenters. The van der Waals surface area contributed by atoms with Crippen LogP contribution in [0.1, 0.15) is 37.6 Å². The number of aryl methyl sites for hydroxylation is 2. The molecule has 0 saturated heterocycles. The SMILES string of the molecule is CCOC(=O)C(CC)n1nc(C)c2cnn(-c3ccccc3C)c2c1=O. The molecule has 0 radical (unpaired) electrons. The lowest BCUT2D eigenvalue weighted by Crippen LogP contribution is -2.34. The molecule has 1 aromatic carbocycles. The fourth-order valence-corrected chi connectivity index (χ4v) is 3.06. The summed E-state index contributed by atoms with van der Waals surface area (Å²) >= 11 is 0. The molecule has 1 atom stereocenters. The van der Waals surface area contributed by atoms with Gasteiger partial charge in [0.2, 0.25) is 0 Å². The van der Waals surface area contributed by atoms with Crippen LogP contribution in [0.2, 0.25) is 0 Å². The molecule has 0 aliphatic heterocycles. The summed E-state index contributed by atoms with van der Waals surface area (Å²) in [5.41, 5.74) is 2.51. The van der Waals surface area contributed by atoms with Crippen molar-refractivity contribution >= 4 is 16.9 Å². The quantitative estimate of drug-likeness (QED) is 0.658. The van der Waals surface area contributed by atoms with Crippen LogP contribution in [0.25, 0.3) is 16.6 Å². The smallest absolute Gasteiger partial charge is 0.331 e. The second kappa shape index (κ2) is 7.11. The van der Waals surface area contributed by atoms with E-state index in [1.165, 1.54) is 4.68 Å². The van der Waals surface area contributed by atoms with E-state index in [2.05, 4.69) is 10.2 Å². The molecule has 0 N–H and O–H groups in total. The van der Waals surface area contributed by atoms with Crippen molar-refractivity contribution in [2.24, 2.45) is 0 Å². The second-order valence-electron chi connectivity index (χ2n) is 6.12. The topological polar surface area (TPSA) is 79.0 Å². The minimum absolute atomic E-state index is 0.256. The van der Waals surface area contributed by atoms with Gasteiger partial charge >= 0.3 is 5.97 Å². The summed E-state index contributed by atoms with van der Waals surface area (Å²) in [6, 6.07) is 6.94. The third-order valence-corrected chi connectivity index (χ3v) is 4.41. The Kier molecular flexibility index (Phi) is 4.88. The van der Waals surface area contributed by atoms with Crippen molar-refractivity contribution < 1.29 is 9.53 Å². The molecule has 0 spiro atoms. The number of rotatable bonds is 5. The van der Waals surface area contributed by atoms with Gasteiger partial charge < -0.3 is 4.74 Å². The predicted molar refractivity (Wildman–Crippen MR) is 98.6 cm³/mol. The van der Waals surface area contributed by atoms with E-state index in [0.717, 1.165) is 11.3 Å². The Morgan fingerprint density at radius 2 is 1.96 bits per heavy atom. The van der Waals surface area contributed by atoms with Crippen LogP contribution in [0.15, 0.2) is 35.3 Å². The first-order valence-electron chi connectivity index (χ1n) is 8.69. The number of esters is 1. The van der Waals surface area contributed by atoms with Crippen molar-refractivity contribution in [3.63, 3.8) is 0 Å². The summed E-state index contributed by atoms with van der Waals surface area (Å²) in [4.78, 5) is 25.5. The van der Waals surface area contributed by atoms with Crippen molar-refractivity contribution in [1.29, 1.82) is 0 Å². The van der Waals surface area contributed by atoms with Gasteiger partial charge in [0.15, 0.2) is 6.04 Å². The second-order valence-corrected chi connectivity index (χ2v) is 6.12. The first kappa shape index (κ1) is 17.8. The largest absolute Gasteiger partial charge is 0.464 e. The molecule has 0 aliphatic carbocycles. The Balaban J connectivity index is 2.27. The Bertz CT molecular complexity index is 1020. The molecule has 136 valence electrons. The summed E-state index contributed by atoms with van der Waals surface area (Å²) in [5.74, 6) is -0.453. The number of fused-ring (bicyclic) bond motifs is 1. The monoisotopic (exact) mass is 354 g/mol. The highest BCUT2D eigenvalue weighted by atomic mass is 16.5. The van der Waals surface area contributed by atoms with Gasteiger partial charge in [0, 0.05) is 5.39 Å². The van der Waals surface area contributed by atoms with Gasteiger partial charge in [-0.05, 0) is 38.8 Å². The summed E-state index contributed by atoms with van der Waals surface area (Å²) in [7, 11) is 0. The molecule has 7 heteroatoms. The number of hydrogen-bond donors (Lipinski definition) is 0. The van der Waals surface area contributed by atoms with Gasteiger partial charge in [-0.15, -0.1) is 0 Å². The third kappa shape index (κ3) is 2.89. The van der Waals surface area contributed by atoms with Gasteiger partial charge in [-0.2, -0.15) is 10.2 Å². The Morgan fingerprint density at radius 1 is 1.23 bits per heavy atom. The van der Waals surface area contributed by atoms with Crippen LogP contribution < -0.4 is 5.56 Å². The van der Waals surface area contributed by atoms with Gasteiger partial charge in [-0.1, -0.05) is 25.1 Å². The van der Waals surface area contributed by atoms with Gasteiger partial charge in [-0.25, -0.2) is 14.2 Å². The number of para-hydroxylation sites is 1. The molecule has 0 amide bonds. The van der Waals surface area contributed by atoms with Crippen LogP contribution in [-0.2, 0) is 9.53 Å². The average Bonchev–Trinajstić information content (AvgIpc) is 3.06. The summed E-state index contributed by atoms with van der Waals surface area (Å²) in [6.07, 6.45) is 2.05. The Morgan fingerprint density at radius 3 is 2.62 bits per heavy atom. The number of hydrogen-bond acceptors (Lipinski definition) is 5. The van der Waals surface area contributed by atoms with Crippen LogP contribution >= 0.6 is 0 Å². The molecule has 26 heavy (non-hydrogen) atoms. The maximum atomic E-state index is 13.2. The highest BCUT2D eigenvalue weighted by Gasteiger charge is 2.25. The zero-order valence-corrected chi connectivity index (χ0v) is 15.4. The average molecular weight is 354 g/mol. The molecule has 2 heterocycles. The summed E-state index contributed by atoms with van der Waals surface area (Å²) in [5, 5.41) is 9.43. The van der Waals surface area contributed by atoms with E-state index in [1.807, 2.05) is 38.1 Å². The van der Waals surface area contributed by atoms with E-state index in [-0.39, 0.29) is 12.2 Å². The maximum absolute atomic E-state index is 13.2. The van der Waals surface area contributed by atoms with Crippen molar-refractivity contribution in [1.82, 2.24) is 19.6 Å². The van der Waals surface area contributed by atoms with Gasteiger partial charge in [0.05, 0.1) is 24.2 Å². The minimum Gasteiger partial charge on any atom is -0.464 e. The molecular weight excluding hydrogens is 332 g/mol. The highest BCUT2D eigenvalue weighted by Crippen LogP contribution is 2.21. The van der Waals surface area contributed by atoms with E-state index in [1.54, 1.807) is 24.7 Å². The number of aromatic nitrogens is 4. The minimum atomic E-state index is -0.759. The van der Waals surface area contributed by atoms with E-state index in [0.29, 0.717) is 23.0 Å². The van der Waals surface area contributed by atoms with Gasteiger partial charge in [0.1, 0.15) is 5.52 Å². The number of carbonyl (C=O) groups excluding carboxylic acids is 1. The zero-order chi connectivity index (χ0) is 18.8. The van der Waals surface area contributed by atoms with E-state index >= 15 is 0 Å². The Hall–Kier alpha value is -2.96. The number of ether oxygens (including phenoxy) is 1. The number of nitrogens with zero attached hydrogens (tertiary/aromatic N) is 4. The lowest BCUT2D eigenvalue weighted by Gasteiger charge is -2.16. The van der Waals surface area contributed by atoms with Crippen LogP contribution in [0.4, 0.5) is 0 Å². The normalized spacial score (nSPS) is 12.3.